The summed E-state index contributed by atoms with van der Waals surface area (Å²) in [7, 11) is 0. The smallest absolute Gasteiger partial charge is 0.130 e. The van der Waals surface area contributed by atoms with Crippen molar-refractivity contribution in [2.45, 2.75) is 20.3 Å². The van der Waals surface area contributed by atoms with Gasteiger partial charge < -0.3 is 0 Å². The first kappa shape index (κ1) is 12.5. The van der Waals surface area contributed by atoms with Gasteiger partial charge >= 0.3 is 0 Å². The minimum Gasteiger partial charge on any atom is -0.233 e. The summed E-state index contributed by atoms with van der Waals surface area (Å²) >= 11 is 9.52. The number of halogens is 2. The van der Waals surface area contributed by atoms with E-state index in [1.807, 2.05) is 38.1 Å². The molecule has 2 nitrogen and oxygen atoms in total. The molecule has 1 heterocycles. The Kier molecular flexibility index (Phi) is 3.79. The van der Waals surface area contributed by atoms with Crippen molar-refractivity contribution in [2.75, 3.05) is 0 Å². The summed E-state index contributed by atoms with van der Waals surface area (Å²) in [4.78, 5) is 8.78. The number of aromatic nitrogens is 2. The molecule has 17 heavy (non-hydrogen) atoms. The lowest BCUT2D eigenvalue weighted by molar-refractivity contribution is 0.931. The normalized spacial score (nSPS) is 10.6. The first-order valence-corrected chi connectivity index (χ1v) is 6.57. The summed E-state index contributed by atoms with van der Waals surface area (Å²) in [5, 5.41) is 0.760. The van der Waals surface area contributed by atoms with Crippen LogP contribution in [-0.2, 0) is 6.42 Å². The van der Waals surface area contributed by atoms with Crippen LogP contribution >= 0.6 is 27.5 Å². The van der Waals surface area contributed by atoms with Crippen molar-refractivity contribution >= 4 is 27.5 Å². The predicted octanol–water partition coefficient (Wildman–Crippen LogP) is 4.43. The quantitative estimate of drug-likeness (QED) is 0.767. The lowest BCUT2D eigenvalue weighted by Gasteiger charge is -2.06. The monoisotopic (exact) mass is 310 g/mol. The van der Waals surface area contributed by atoms with Crippen molar-refractivity contribution in [1.82, 2.24) is 9.97 Å². The van der Waals surface area contributed by atoms with Gasteiger partial charge in [-0.3, -0.25) is 0 Å². The minimum atomic E-state index is 0.760. The topological polar surface area (TPSA) is 25.8 Å². The number of aryl methyl sites for hydroxylation is 2. The molecule has 2 rings (SSSR count). The first-order valence-electron chi connectivity index (χ1n) is 5.40. The molecule has 1 aromatic heterocycles. The Morgan fingerprint density at radius 1 is 1.24 bits per heavy atom. The van der Waals surface area contributed by atoms with E-state index in [1.165, 1.54) is 0 Å². The first-order chi connectivity index (χ1) is 8.10. The van der Waals surface area contributed by atoms with E-state index >= 15 is 0 Å². The predicted molar refractivity (Wildman–Crippen MR) is 74.3 cm³/mol. The van der Waals surface area contributed by atoms with Gasteiger partial charge in [-0.2, -0.15) is 0 Å². The molecule has 0 amide bonds. The van der Waals surface area contributed by atoms with Crippen LogP contribution < -0.4 is 0 Å². The molecule has 0 spiro atoms. The maximum absolute atomic E-state index is 6.12. The molecule has 0 fully saturated rings. The molecule has 1 aromatic carbocycles. The van der Waals surface area contributed by atoms with Gasteiger partial charge in [0.2, 0.25) is 0 Å². The second-order valence-electron chi connectivity index (χ2n) is 3.81. The molecule has 0 atom stereocenters. The molecule has 0 saturated carbocycles. The summed E-state index contributed by atoms with van der Waals surface area (Å²) in [6.45, 7) is 4.02. The lowest BCUT2D eigenvalue weighted by Crippen LogP contribution is -1.95. The number of hydrogen-bond acceptors (Lipinski definition) is 2. The van der Waals surface area contributed by atoms with Crippen LogP contribution in [0.4, 0.5) is 0 Å². The van der Waals surface area contributed by atoms with Crippen LogP contribution in [0.15, 0.2) is 28.9 Å². The minimum absolute atomic E-state index is 0.760. The number of benzene rings is 1. The standard InChI is InChI=1S/C13H12BrClN2/c1-3-13-16-11(7-12(14)17-13)9-5-4-8(2)10(15)6-9/h4-7H,3H2,1-2H3. The molecular weight excluding hydrogens is 300 g/mol. The fourth-order valence-electron chi connectivity index (χ4n) is 1.52. The molecule has 0 saturated heterocycles. The van der Waals surface area contributed by atoms with E-state index in [0.717, 1.165) is 38.7 Å². The van der Waals surface area contributed by atoms with E-state index in [-0.39, 0.29) is 0 Å². The van der Waals surface area contributed by atoms with Crippen molar-refractivity contribution in [3.63, 3.8) is 0 Å². The zero-order valence-electron chi connectivity index (χ0n) is 9.67. The molecule has 0 bridgehead atoms. The van der Waals surface area contributed by atoms with Crippen LogP contribution in [0.25, 0.3) is 11.3 Å². The Morgan fingerprint density at radius 2 is 2.00 bits per heavy atom. The Balaban J connectivity index is 2.52. The van der Waals surface area contributed by atoms with Gasteiger partial charge in [-0.25, -0.2) is 9.97 Å². The van der Waals surface area contributed by atoms with Gasteiger partial charge in [-0.15, -0.1) is 0 Å². The third-order valence-corrected chi connectivity index (χ3v) is 3.34. The van der Waals surface area contributed by atoms with Gasteiger partial charge in [0, 0.05) is 17.0 Å². The Bertz CT molecular complexity index is 555. The molecule has 0 N–H and O–H groups in total. The molecule has 4 heteroatoms. The molecule has 0 aliphatic carbocycles. The number of hydrogen-bond donors (Lipinski definition) is 0. The highest BCUT2D eigenvalue weighted by molar-refractivity contribution is 9.10. The highest BCUT2D eigenvalue weighted by Gasteiger charge is 2.06. The summed E-state index contributed by atoms with van der Waals surface area (Å²) in [5.41, 5.74) is 2.98. The van der Waals surface area contributed by atoms with Crippen LogP contribution in [-0.4, -0.2) is 9.97 Å². The summed E-state index contributed by atoms with van der Waals surface area (Å²) in [6, 6.07) is 7.86. The molecular formula is C13H12BrClN2. The second kappa shape index (κ2) is 5.15. The van der Waals surface area contributed by atoms with E-state index in [2.05, 4.69) is 25.9 Å². The van der Waals surface area contributed by atoms with Crippen LogP contribution in [0.5, 0.6) is 0 Å². The molecule has 0 aliphatic heterocycles. The van der Waals surface area contributed by atoms with Gasteiger partial charge in [-0.1, -0.05) is 30.7 Å². The van der Waals surface area contributed by atoms with Crippen molar-refractivity contribution in [3.05, 3.63) is 45.3 Å². The zero-order chi connectivity index (χ0) is 12.4. The largest absolute Gasteiger partial charge is 0.233 e. The van der Waals surface area contributed by atoms with Crippen molar-refractivity contribution in [2.24, 2.45) is 0 Å². The van der Waals surface area contributed by atoms with E-state index in [4.69, 9.17) is 11.6 Å². The van der Waals surface area contributed by atoms with E-state index in [1.54, 1.807) is 0 Å². The van der Waals surface area contributed by atoms with E-state index in [0.29, 0.717) is 0 Å². The Labute approximate surface area is 114 Å². The third-order valence-electron chi connectivity index (χ3n) is 2.53. The van der Waals surface area contributed by atoms with Crippen LogP contribution in [0, 0.1) is 6.92 Å². The van der Waals surface area contributed by atoms with Crippen LogP contribution in [0.1, 0.15) is 18.3 Å². The molecule has 2 aromatic rings. The third kappa shape index (κ3) is 2.85. The van der Waals surface area contributed by atoms with Gasteiger partial charge in [0.05, 0.1) is 5.69 Å². The average molecular weight is 312 g/mol. The average Bonchev–Trinajstić information content (AvgIpc) is 2.32. The summed E-state index contributed by atoms with van der Waals surface area (Å²) in [5.74, 6) is 0.825. The Hall–Kier alpha value is -0.930. The molecule has 0 radical (unpaired) electrons. The molecule has 0 aliphatic rings. The Morgan fingerprint density at radius 3 is 2.65 bits per heavy atom. The maximum Gasteiger partial charge on any atom is 0.130 e. The second-order valence-corrected chi connectivity index (χ2v) is 5.03. The SMILES string of the molecule is CCc1nc(Br)cc(-c2ccc(C)c(Cl)c2)n1. The van der Waals surface area contributed by atoms with Gasteiger partial charge in [-0.05, 0) is 40.5 Å². The van der Waals surface area contributed by atoms with Crippen molar-refractivity contribution in [1.29, 1.82) is 0 Å². The van der Waals surface area contributed by atoms with Crippen LogP contribution in [0.2, 0.25) is 5.02 Å². The van der Waals surface area contributed by atoms with Gasteiger partial charge in [0.25, 0.3) is 0 Å². The van der Waals surface area contributed by atoms with Crippen molar-refractivity contribution in [3.8, 4) is 11.3 Å². The number of rotatable bonds is 2. The van der Waals surface area contributed by atoms with Gasteiger partial charge in [0.15, 0.2) is 0 Å². The highest BCUT2D eigenvalue weighted by atomic mass is 79.9. The number of nitrogens with zero attached hydrogens (tertiary/aromatic N) is 2. The van der Waals surface area contributed by atoms with Gasteiger partial charge in [0.1, 0.15) is 10.4 Å². The summed E-state index contributed by atoms with van der Waals surface area (Å²) < 4.78 is 0.802. The highest BCUT2D eigenvalue weighted by Crippen LogP contribution is 2.25. The maximum atomic E-state index is 6.12. The molecule has 0 unspecified atom stereocenters. The molecule has 88 valence electrons. The van der Waals surface area contributed by atoms with E-state index in [9.17, 15) is 0 Å². The van der Waals surface area contributed by atoms with Crippen LogP contribution in [0.3, 0.4) is 0 Å². The van der Waals surface area contributed by atoms with Crippen molar-refractivity contribution < 1.29 is 0 Å². The zero-order valence-corrected chi connectivity index (χ0v) is 12.0. The lowest BCUT2D eigenvalue weighted by atomic mass is 10.1. The fraction of sp³-hybridized carbons (Fsp3) is 0.231. The van der Waals surface area contributed by atoms with E-state index < -0.39 is 0 Å². The summed E-state index contributed by atoms with van der Waals surface area (Å²) in [6.07, 6.45) is 0.812. The fourth-order valence-corrected chi connectivity index (χ4v) is 2.12.